The average molecular weight is 523 g/mol. The molecule has 0 radical (unpaired) electrons. The Morgan fingerprint density at radius 3 is 2.51 bits per heavy atom. The zero-order chi connectivity index (χ0) is 26.3. The first-order chi connectivity index (χ1) is 17.8. The molecule has 0 spiro atoms. The number of ether oxygens (including phenoxy) is 6. The topological polar surface area (TPSA) is 177 Å². The van der Waals surface area contributed by atoms with E-state index in [-0.39, 0.29) is 0 Å². The lowest BCUT2D eigenvalue weighted by Gasteiger charge is -2.43. The summed E-state index contributed by atoms with van der Waals surface area (Å²) >= 11 is 0. The standard InChI is InChI=1S/C25H30O12/c1-32-13-5-2-12(3-6-13)4-7-16(28)35-21-14-8-9-33-23(17(14)25(11-27)22(21)37-25)36-24-20(31)19(30)18(29)15(10-26)34-24/h2-9,14-15,17-24,26-27,29-31H,10-11H2,1H3. The molecule has 1 aromatic rings. The third kappa shape index (κ3) is 4.64. The molecule has 11 unspecified atom stereocenters. The van der Waals surface area contributed by atoms with Gasteiger partial charge in [-0.1, -0.05) is 12.1 Å². The minimum absolute atomic E-state index is 0.402. The van der Waals surface area contributed by atoms with Crippen LogP contribution in [-0.4, -0.2) is 107 Å². The van der Waals surface area contributed by atoms with E-state index in [1.807, 2.05) is 0 Å². The number of rotatable bonds is 8. The quantitative estimate of drug-likeness (QED) is 0.155. The molecule has 1 saturated carbocycles. The summed E-state index contributed by atoms with van der Waals surface area (Å²) in [5, 5.41) is 50.1. The second-order valence-electron chi connectivity index (χ2n) is 9.43. The van der Waals surface area contributed by atoms with Gasteiger partial charge >= 0.3 is 5.97 Å². The third-order valence-corrected chi connectivity index (χ3v) is 7.38. The van der Waals surface area contributed by atoms with Gasteiger partial charge in [0, 0.05) is 12.0 Å². The van der Waals surface area contributed by atoms with Crippen molar-refractivity contribution in [2.45, 2.75) is 54.8 Å². The average Bonchev–Trinajstić information content (AvgIpc) is 3.60. The van der Waals surface area contributed by atoms with Gasteiger partial charge in [-0.05, 0) is 29.8 Å². The van der Waals surface area contributed by atoms with E-state index < -0.39 is 85.8 Å². The van der Waals surface area contributed by atoms with Gasteiger partial charge in [0.2, 0.25) is 6.29 Å². The SMILES string of the molecule is COc1ccc(C=CC(=O)OC2C3C=COC(OC4OC(CO)C(O)C(O)C4O)C3C3(CO)OC23)cc1. The zero-order valence-electron chi connectivity index (χ0n) is 19.9. The van der Waals surface area contributed by atoms with Crippen LogP contribution in [0.4, 0.5) is 0 Å². The van der Waals surface area contributed by atoms with Crippen molar-refractivity contribution in [2.24, 2.45) is 11.8 Å². The Kier molecular flexibility index (Phi) is 7.27. The zero-order valence-corrected chi connectivity index (χ0v) is 19.9. The minimum atomic E-state index is -1.63. The molecule has 5 rings (SSSR count). The predicted molar refractivity (Wildman–Crippen MR) is 122 cm³/mol. The molecule has 202 valence electrons. The van der Waals surface area contributed by atoms with Gasteiger partial charge in [0.15, 0.2) is 6.29 Å². The van der Waals surface area contributed by atoms with Crippen molar-refractivity contribution in [3.05, 3.63) is 48.2 Å². The molecule has 0 bridgehead atoms. The van der Waals surface area contributed by atoms with Crippen LogP contribution in [0, 0.1) is 11.8 Å². The Bertz CT molecular complexity index is 1030. The van der Waals surface area contributed by atoms with Crippen LogP contribution in [0.1, 0.15) is 5.56 Å². The first-order valence-corrected chi connectivity index (χ1v) is 11.9. The summed E-state index contributed by atoms with van der Waals surface area (Å²) in [5.41, 5.74) is -0.341. The number of carbonyl (C=O) groups is 1. The molecular weight excluding hydrogens is 492 g/mol. The summed E-state index contributed by atoms with van der Waals surface area (Å²) in [6.45, 7) is -1.02. The molecule has 1 aliphatic carbocycles. The Morgan fingerprint density at radius 1 is 1.08 bits per heavy atom. The second-order valence-corrected chi connectivity index (χ2v) is 9.43. The molecule has 3 fully saturated rings. The summed E-state index contributed by atoms with van der Waals surface area (Å²) in [6.07, 6.45) is -3.94. The van der Waals surface area contributed by atoms with Gasteiger partial charge in [0.25, 0.3) is 0 Å². The maximum Gasteiger partial charge on any atom is 0.331 e. The minimum Gasteiger partial charge on any atom is -0.497 e. The van der Waals surface area contributed by atoms with Gasteiger partial charge in [-0.3, -0.25) is 0 Å². The van der Waals surface area contributed by atoms with E-state index in [1.54, 1.807) is 43.5 Å². The van der Waals surface area contributed by atoms with E-state index >= 15 is 0 Å². The fourth-order valence-electron chi connectivity index (χ4n) is 5.34. The number of esters is 1. The molecule has 5 N–H and O–H groups in total. The number of carbonyl (C=O) groups excluding carboxylic acids is 1. The first kappa shape index (κ1) is 26.1. The van der Waals surface area contributed by atoms with Crippen LogP contribution in [0.25, 0.3) is 6.08 Å². The Balaban J connectivity index is 1.28. The molecule has 1 aromatic carbocycles. The number of hydrogen-bond donors (Lipinski definition) is 5. The van der Waals surface area contributed by atoms with Crippen LogP contribution in [0.3, 0.4) is 0 Å². The summed E-state index contributed by atoms with van der Waals surface area (Å²) in [6, 6.07) is 7.11. The fourth-order valence-corrected chi connectivity index (χ4v) is 5.34. The van der Waals surface area contributed by atoms with Gasteiger partial charge < -0.3 is 54.0 Å². The van der Waals surface area contributed by atoms with Gasteiger partial charge in [0.1, 0.15) is 48.0 Å². The Labute approximate surface area is 212 Å². The van der Waals surface area contributed by atoms with Crippen molar-refractivity contribution in [2.75, 3.05) is 20.3 Å². The number of hydrogen-bond acceptors (Lipinski definition) is 12. The number of aliphatic hydroxyl groups is 5. The van der Waals surface area contributed by atoms with E-state index in [0.29, 0.717) is 5.75 Å². The fraction of sp³-hybridized carbons (Fsp3) is 0.560. The van der Waals surface area contributed by atoms with Crippen molar-refractivity contribution < 1.29 is 58.7 Å². The van der Waals surface area contributed by atoms with Crippen molar-refractivity contribution in [1.29, 1.82) is 0 Å². The van der Waals surface area contributed by atoms with E-state index in [1.165, 1.54) is 12.3 Å². The maximum atomic E-state index is 12.6. The first-order valence-electron chi connectivity index (χ1n) is 11.9. The Hall–Kier alpha value is -2.55. The molecule has 11 atom stereocenters. The molecule has 0 aromatic heterocycles. The predicted octanol–water partition coefficient (Wildman–Crippen LogP) is -1.32. The van der Waals surface area contributed by atoms with Crippen molar-refractivity contribution in [3.8, 4) is 5.75 Å². The van der Waals surface area contributed by atoms with Crippen molar-refractivity contribution >= 4 is 12.0 Å². The van der Waals surface area contributed by atoms with E-state index in [0.717, 1.165) is 5.56 Å². The Morgan fingerprint density at radius 2 is 1.84 bits per heavy atom. The summed E-state index contributed by atoms with van der Waals surface area (Å²) in [7, 11) is 1.56. The number of aliphatic hydroxyl groups excluding tert-OH is 5. The van der Waals surface area contributed by atoms with Crippen LogP contribution in [0.5, 0.6) is 5.75 Å². The van der Waals surface area contributed by atoms with Gasteiger partial charge in [-0.15, -0.1) is 0 Å². The van der Waals surface area contributed by atoms with Crippen LogP contribution in [0.15, 0.2) is 42.7 Å². The summed E-state index contributed by atoms with van der Waals surface area (Å²) in [5.74, 6) is -1.01. The molecular formula is C25H30O12. The van der Waals surface area contributed by atoms with Crippen molar-refractivity contribution in [1.82, 2.24) is 0 Å². The lowest BCUT2D eigenvalue weighted by Crippen LogP contribution is -2.60. The molecule has 12 heteroatoms. The lowest BCUT2D eigenvalue weighted by molar-refractivity contribution is -0.344. The highest BCUT2D eigenvalue weighted by atomic mass is 16.8. The molecule has 3 heterocycles. The molecule has 37 heavy (non-hydrogen) atoms. The number of epoxide rings is 1. The highest BCUT2D eigenvalue weighted by Gasteiger charge is 2.77. The monoisotopic (exact) mass is 522 g/mol. The maximum absolute atomic E-state index is 12.6. The van der Waals surface area contributed by atoms with E-state index in [4.69, 9.17) is 28.4 Å². The highest BCUT2D eigenvalue weighted by molar-refractivity contribution is 5.87. The summed E-state index contributed by atoms with van der Waals surface area (Å²) in [4.78, 5) is 12.6. The van der Waals surface area contributed by atoms with Gasteiger partial charge in [0.05, 0.1) is 32.5 Å². The molecule has 3 aliphatic heterocycles. The van der Waals surface area contributed by atoms with Gasteiger partial charge in [-0.2, -0.15) is 0 Å². The number of methoxy groups -OCH3 is 1. The highest BCUT2D eigenvalue weighted by Crippen LogP contribution is 2.60. The largest absolute Gasteiger partial charge is 0.497 e. The lowest BCUT2D eigenvalue weighted by atomic mass is 9.85. The van der Waals surface area contributed by atoms with Crippen LogP contribution >= 0.6 is 0 Å². The number of benzene rings is 1. The molecule has 0 amide bonds. The smallest absolute Gasteiger partial charge is 0.331 e. The van der Waals surface area contributed by atoms with Crippen LogP contribution in [-0.2, 0) is 28.5 Å². The number of fused-ring (bicyclic) bond motifs is 3. The molecule has 2 saturated heterocycles. The second kappa shape index (κ2) is 10.3. The molecule has 4 aliphatic rings. The van der Waals surface area contributed by atoms with Gasteiger partial charge in [-0.25, -0.2) is 4.79 Å². The molecule has 12 nitrogen and oxygen atoms in total. The van der Waals surface area contributed by atoms with Crippen LogP contribution < -0.4 is 4.74 Å². The van der Waals surface area contributed by atoms with Crippen LogP contribution in [0.2, 0.25) is 0 Å². The third-order valence-electron chi connectivity index (χ3n) is 7.38. The van der Waals surface area contributed by atoms with E-state index in [2.05, 4.69) is 0 Å². The van der Waals surface area contributed by atoms with Crippen molar-refractivity contribution in [3.63, 3.8) is 0 Å². The normalized spacial score (nSPS) is 42.1. The summed E-state index contributed by atoms with van der Waals surface area (Å²) < 4.78 is 33.5. The van der Waals surface area contributed by atoms with E-state index in [9.17, 15) is 30.3 Å².